The molecule has 1 aromatic carbocycles. The van der Waals surface area contributed by atoms with Gasteiger partial charge in [0.1, 0.15) is 6.54 Å². The van der Waals surface area contributed by atoms with Crippen LogP contribution in [0.1, 0.15) is 6.92 Å². The van der Waals surface area contributed by atoms with Crippen molar-refractivity contribution in [2.75, 3.05) is 26.9 Å². The van der Waals surface area contributed by atoms with Crippen molar-refractivity contribution in [1.82, 2.24) is 9.29 Å². The molecule has 10 heteroatoms. The monoisotopic (exact) mass is 358 g/mol. The van der Waals surface area contributed by atoms with E-state index in [1.807, 2.05) is 0 Å². The SMILES string of the molecule is CCOC(=O)Cn1c(=O)oc2cc(S(=O)(=O)NCCOC)ccc21. The Balaban J connectivity index is 2.33. The molecule has 1 heterocycles. The number of hydrogen-bond donors (Lipinski definition) is 1. The number of nitrogens with zero attached hydrogens (tertiary/aromatic N) is 1. The van der Waals surface area contributed by atoms with Crippen molar-refractivity contribution in [2.24, 2.45) is 0 Å². The first-order valence-electron chi connectivity index (χ1n) is 7.16. The predicted molar refractivity (Wildman–Crippen MR) is 84.2 cm³/mol. The van der Waals surface area contributed by atoms with Gasteiger partial charge in [-0.25, -0.2) is 17.9 Å². The molecule has 132 valence electrons. The minimum atomic E-state index is -3.75. The van der Waals surface area contributed by atoms with E-state index in [0.29, 0.717) is 5.52 Å². The smallest absolute Gasteiger partial charge is 0.420 e. The van der Waals surface area contributed by atoms with Gasteiger partial charge in [-0.3, -0.25) is 9.36 Å². The summed E-state index contributed by atoms with van der Waals surface area (Å²) in [5, 5.41) is 0. The Labute approximate surface area is 138 Å². The summed E-state index contributed by atoms with van der Waals surface area (Å²) in [5.41, 5.74) is 0.378. The van der Waals surface area contributed by atoms with Gasteiger partial charge in [0.15, 0.2) is 5.58 Å². The number of benzene rings is 1. The average molecular weight is 358 g/mol. The Morgan fingerprint density at radius 1 is 1.38 bits per heavy atom. The molecule has 2 rings (SSSR count). The lowest BCUT2D eigenvalue weighted by Gasteiger charge is -2.06. The van der Waals surface area contributed by atoms with E-state index in [4.69, 9.17) is 13.9 Å². The Morgan fingerprint density at radius 2 is 2.12 bits per heavy atom. The maximum absolute atomic E-state index is 12.1. The second kappa shape index (κ2) is 7.60. The summed E-state index contributed by atoms with van der Waals surface area (Å²) in [6.45, 7) is 1.88. The van der Waals surface area contributed by atoms with Crippen LogP contribution in [0.3, 0.4) is 0 Å². The average Bonchev–Trinajstić information content (AvgIpc) is 2.83. The predicted octanol–water partition coefficient (Wildman–Crippen LogP) is 0.0823. The van der Waals surface area contributed by atoms with Gasteiger partial charge in [0.05, 0.1) is 23.6 Å². The summed E-state index contributed by atoms with van der Waals surface area (Å²) in [6.07, 6.45) is 0. The van der Waals surface area contributed by atoms with Crippen LogP contribution in [0, 0.1) is 0 Å². The molecule has 0 atom stereocenters. The topological polar surface area (TPSA) is 117 Å². The lowest BCUT2D eigenvalue weighted by Crippen LogP contribution is -2.27. The van der Waals surface area contributed by atoms with Crippen LogP contribution in [-0.2, 0) is 30.8 Å². The number of carbonyl (C=O) groups is 1. The maximum Gasteiger partial charge on any atom is 0.420 e. The van der Waals surface area contributed by atoms with Gasteiger partial charge >= 0.3 is 11.7 Å². The van der Waals surface area contributed by atoms with Gasteiger partial charge in [-0.05, 0) is 19.1 Å². The highest BCUT2D eigenvalue weighted by Gasteiger charge is 2.18. The highest BCUT2D eigenvalue weighted by atomic mass is 32.2. The van der Waals surface area contributed by atoms with Crippen molar-refractivity contribution in [3.05, 3.63) is 28.7 Å². The van der Waals surface area contributed by atoms with Crippen molar-refractivity contribution < 1.29 is 27.1 Å². The molecule has 0 bridgehead atoms. The lowest BCUT2D eigenvalue weighted by atomic mass is 10.3. The summed E-state index contributed by atoms with van der Waals surface area (Å²) >= 11 is 0. The van der Waals surface area contributed by atoms with Crippen LogP contribution in [0.25, 0.3) is 11.1 Å². The molecule has 0 aliphatic rings. The fraction of sp³-hybridized carbons (Fsp3) is 0.429. The molecule has 0 unspecified atom stereocenters. The molecule has 0 radical (unpaired) electrons. The fourth-order valence-electron chi connectivity index (χ4n) is 2.06. The Morgan fingerprint density at radius 3 is 2.79 bits per heavy atom. The number of esters is 1. The molecule has 0 spiro atoms. The maximum atomic E-state index is 12.1. The Kier molecular flexibility index (Phi) is 5.75. The summed E-state index contributed by atoms with van der Waals surface area (Å²) in [7, 11) is -2.29. The zero-order valence-electron chi connectivity index (χ0n) is 13.3. The van der Waals surface area contributed by atoms with Crippen LogP contribution >= 0.6 is 0 Å². The molecule has 0 saturated heterocycles. The van der Waals surface area contributed by atoms with E-state index < -0.39 is 21.7 Å². The number of nitrogens with one attached hydrogen (secondary N) is 1. The Bertz CT molecular complexity index is 882. The number of oxazole rings is 1. The van der Waals surface area contributed by atoms with Gasteiger partial charge in [-0.15, -0.1) is 0 Å². The van der Waals surface area contributed by atoms with Gasteiger partial charge in [-0.2, -0.15) is 0 Å². The van der Waals surface area contributed by atoms with Crippen molar-refractivity contribution in [2.45, 2.75) is 18.4 Å². The van der Waals surface area contributed by atoms with Gasteiger partial charge in [0.2, 0.25) is 10.0 Å². The first kappa shape index (κ1) is 18.2. The second-order valence-corrected chi connectivity index (χ2v) is 6.55. The van der Waals surface area contributed by atoms with Crippen LogP contribution < -0.4 is 10.5 Å². The minimum Gasteiger partial charge on any atom is -0.465 e. The zero-order chi connectivity index (χ0) is 17.7. The van der Waals surface area contributed by atoms with Crippen LogP contribution in [-0.4, -0.2) is 45.8 Å². The van der Waals surface area contributed by atoms with E-state index in [-0.39, 0.29) is 36.8 Å². The summed E-state index contributed by atoms with van der Waals surface area (Å²) in [5.74, 6) is -1.35. The number of carbonyl (C=O) groups excluding carboxylic acids is 1. The number of aromatic nitrogens is 1. The summed E-state index contributed by atoms with van der Waals surface area (Å²) in [4.78, 5) is 23.3. The van der Waals surface area contributed by atoms with Gasteiger partial charge < -0.3 is 13.9 Å². The summed E-state index contributed by atoms with van der Waals surface area (Å²) < 4.78 is 42.3. The molecule has 9 nitrogen and oxygen atoms in total. The second-order valence-electron chi connectivity index (χ2n) is 4.78. The van der Waals surface area contributed by atoms with E-state index in [0.717, 1.165) is 4.57 Å². The zero-order valence-corrected chi connectivity index (χ0v) is 14.1. The highest BCUT2D eigenvalue weighted by Crippen LogP contribution is 2.18. The molecule has 1 N–H and O–H groups in total. The number of methoxy groups -OCH3 is 1. The molecule has 0 aliphatic carbocycles. The first-order chi connectivity index (χ1) is 11.4. The third kappa shape index (κ3) is 4.02. The first-order valence-corrected chi connectivity index (χ1v) is 8.65. The number of sulfonamides is 1. The lowest BCUT2D eigenvalue weighted by molar-refractivity contribution is -0.143. The Hall–Kier alpha value is -2.17. The van der Waals surface area contributed by atoms with Gasteiger partial charge in [0, 0.05) is 19.7 Å². The quantitative estimate of drug-likeness (QED) is 0.525. The number of rotatable bonds is 8. The van der Waals surface area contributed by atoms with Crippen molar-refractivity contribution >= 4 is 27.1 Å². The standard InChI is InChI=1S/C14H18N2O7S/c1-3-22-13(17)9-16-11-5-4-10(8-12(11)23-14(16)18)24(19,20)15-6-7-21-2/h4-5,8,15H,3,6-7,9H2,1-2H3. The molecule has 0 aliphatic heterocycles. The fourth-order valence-corrected chi connectivity index (χ4v) is 3.09. The molecule has 1 aromatic heterocycles. The van der Waals surface area contributed by atoms with Crippen molar-refractivity contribution in [1.29, 1.82) is 0 Å². The van der Waals surface area contributed by atoms with E-state index in [1.165, 1.54) is 25.3 Å². The van der Waals surface area contributed by atoms with E-state index >= 15 is 0 Å². The van der Waals surface area contributed by atoms with E-state index in [9.17, 15) is 18.0 Å². The third-order valence-electron chi connectivity index (χ3n) is 3.14. The number of hydrogen-bond acceptors (Lipinski definition) is 7. The molecular weight excluding hydrogens is 340 g/mol. The van der Waals surface area contributed by atoms with Crippen LogP contribution in [0.4, 0.5) is 0 Å². The molecule has 2 aromatic rings. The molecule has 0 saturated carbocycles. The molecule has 24 heavy (non-hydrogen) atoms. The largest absolute Gasteiger partial charge is 0.465 e. The number of fused-ring (bicyclic) bond motifs is 1. The summed E-state index contributed by atoms with van der Waals surface area (Å²) in [6, 6.07) is 3.96. The van der Waals surface area contributed by atoms with Crippen LogP contribution in [0.5, 0.6) is 0 Å². The number of ether oxygens (including phenoxy) is 2. The third-order valence-corrected chi connectivity index (χ3v) is 4.60. The highest BCUT2D eigenvalue weighted by molar-refractivity contribution is 7.89. The van der Waals surface area contributed by atoms with Crippen LogP contribution in [0.2, 0.25) is 0 Å². The van der Waals surface area contributed by atoms with Gasteiger partial charge in [0.25, 0.3) is 0 Å². The van der Waals surface area contributed by atoms with Crippen molar-refractivity contribution in [3.63, 3.8) is 0 Å². The van der Waals surface area contributed by atoms with Crippen molar-refractivity contribution in [3.8, 4) is 0 Å². The molecular formula is C14H18N2O7S. The minimum absolute atomic E-state index is 0.0527. The van der Waals surface area contributed by atoms with E-state index in [1.54, 1.807) is 6.92 Å². The normalized spacial score (nSPS) is 11.8. The molecule has 0 amide bonds. The van der Waals surface area contributed by atoms with Gasteiger partial charge in [-0.1, -0.05) is 0 Å². The molecule has 0 fully saturated rings. The van der Waals surface area contributed by atoms with E-state index in [2.05, 4.69) is 4.72 Å². The van der Waals surface area contributed by atoms with Crippen LogP contribution in [0.15, 0.2) is 32.3 Å².